The van der Waals surface area contributed by atoms with E-state index in [1.807, 2.05) is 27.7 Å². The molecule has 7 rings (SSSR count). The standard InChI is InChI=1S/C48H75FO16/c1-24-38(59-23-29-13-15-30(49)16-14-29)26(3)46(8,53)64-39(24)34-18-17-32(60-34)33-19-20-36(61-33)45(7)42(57-11)28(5)48(65-45)25(2)35(55-9)21-31(62-48)22-37-44(6,58-12)41(56-10)27(4)47(54,63-37)40(50)43(51)52/h13-16,24-28,31-42,50,53-54H,17-23H2,1-12H3,(H,51,52). The molecule has 1 aromatic rings. The summed E-state index contributed by atoms with van der Waals surface area (Å²) >= 11 is 0. The third kappa shape index (κ3) is 8.85. The van der Waals surface area contributed by atoms with Crippen LogP contribution < -0.4 is 0 Å². The number of carboxylic acids is 1. The molecule has 0 amide bonds. The Hall–Kier alpha value is -1.94. The zero-order valence-corrected chi connectivity index (χ0v) is 40.1. The van der Waals surface area contributed by atoms with E-state index in [-0.39, 0.29) is 73.0 Å². The van der Waals surface area contributed by atoms with Crippen molar-refractivity contribution in [3.63, 3.8) is 0 Å². The second-order valence-electron chi connectivity index (χ2n) is 20.4. The van der Waals surface area contributed by atoms with Crippen LogP contribution in [0.4, 0.5) is 4.39 Å². The van der Waals surface area contributed by atoms with Gasteiger partial charge in [0.05, 0.1) is 73.8 Å². The number of aliphatic hydroxyl groups excluding tert-OH is 1. The molecule has 22 unspecified atom stereocenters. The van der Waals surface area contributed by atoms with Crippen LogP contribution in [0.2, 0.25) is 0 Å². The Kier molecular flexibility index (Phi) is 15.0. The number of hydrogen-bond donors (Lipinski definition) is 4. The first-order chi connectivity index (χ1) is 30.5. The van der Waals surface area contributed by atoms with Crippen molar-refractivity contribution in [2.45, 2.75) is 202 Å². The number of benzene rings is 1. The number of aliphatic carboxylic acids is 1. The molecule has 6 saturated heterocycles. The molecule has 6 aliphatic heterocycles. The lowest BCUT2D eigenvalue weighted by Crippen LogP contribution is -2.72. The topological polar surface area (TPSA) is 200 Å². The second kappa shape index (κ2) is 19.1. The maximum absolute atomic E-state index is 13.6. The molecule has 0 radical (unpaired) electrons. The molecule has 0 saturated carbocycles. The zero-order chi connectivity index (χ0) is 47.6. The SMILES string of the molecule is COC1CC(CC2OC(O)(C(O)C(=O)O)C(C)C(OC)C2(C)OC)OC2(OC(C)(C3CCC(C4CCC(C5OC(C)(O)C(C)C(OCc6ccc(F)cc6)C5C)O4)O3)C(OC)C2C)C1C. The van der Waals surface area contributed by atoms with Crippen molar-refractivity contribution in [3.05, 3.63) is 35.6 Å². The van der Waals surface area contributed by atoms with Gasteiger partial charge in [0.2, 0.25) is 11.9 Å². The Bertz CT molecular complexity index is 1790. The molecule has 4 N–H and O–H groups in total. The normalized spacial score (nSPS) is 49.7. The van der Waals surface area contributed by atoms with Gasteiger partial charge >= 0.3 is 5.97 Å². The lowest BCUT2D eigenvalue weighted by atomic mass is 9.73. The summed E-state index contributed by atoms with van der Waals surface area (Å²) in [5.41, 5.74) is -1.34. The van der Waals surface area contributed by atoms with Crippen LogP contribution in [-0.2, 0) is 63.5 Å². The Labute approximate surface area is 382 Å². The summed E-state index contributed by atoms with van der Waals surface area (Å²) in [4.78, 5) is 12.0. The van der Waals surface area contributed by atoms with E-state index in [1.165, 1.54) is 26.4 Å². The predicted molar refractivity (Wildman–Crippen MR) is 230 cm³/mol. The molecule has 17 heteroatoms. The average Bonchev–Trinajstić information content (AvgIpc) is 4.01. The van der Waals surface area contributed by atoms with Gasteiger partial charge in [-0.1, -0.05) is 46.8 Å². The highest BCUT2D eigenvalue weighted by molar-refractivity contribution is 5.73. The molecule has 1 spiro atoms. The van der Waals surface area contributed by atoms with Crippen LogP contribution in [0.25, 0.3) is 0 Å². The van der Waals surface area contributed by atoms with Gasteiger partial charge in [-0.3, -0.25) is 0 Å². The third-order valence-electron chi connectivity index (χ3n) is 16.7. The number of carbonyl (C=O) groups is 1. The van der Waals surface area contributed by atoms with Gasteiger partial charge in [-0.15, -0.1) is 0 Å². The maximum Gasteiger partial charge on any atom is 0.338 e. The summed E-state index contributed by atoms with van der Waals surface area (Å²) in [6, 6.07) is 6.22. The summed E-state index contributed by atoms with van der Waals surface area (Å²) in [5.74, 6) is -9.22. The Morgan fingerprint density at radius 2 is 1.43 bits per heavy atom. The van der Waals surface area contributed by atoms with Crippen LogP contribution >= 0.6 is 0 Å². The van der Waals surface area contributed by atoms with Crippen molar-refractivity contribution in [1.29, 1.82) is 0 Å². The molecule has 0 aliphatic carbocycles. The van der Waals surface area contributed by atoms with E-state index in [2.05, 4.69) is 6.92 Å². The lowest BCUT2D eigenvalue weighted by molar-refractivity contribution is -0.389. The fraction of sp³-hybridized carbons (Fsp3) is 0.854. The molecule has 6 aliphatic rings. The summed E-state index contributed by atoms with van der Waals surface area (Å²) in [7, 11) is 6.25. The van der Waals surface area contributed by atoms with Crippen molar-refractivity contribution in [1.82, 2.24) is 0 Å². The van der Waals surface area contributed by atoms with Gasteiger partial charge in [0.25, 0.3) is 0 Å². The molecule has 6 heterocycles. The maximum atomic E-state index is 13.6. The Morgan fingerprint density at radius 1 is 0.800 bits per heavy atom. The van der Waals surface area contributed by atoms with Crippen LogP contribution in [-0.4, -0.2) is 157 Å². The van der Waals surface area contributed by atoms with E-state index < -0.39 is 83.2 Å². The number of ether oxygens (including phenoxy) is 11. The van der Waals surface area contributed by atoms with Crippen molar-refractivity contribution in [2.75, 3.05) is 28.4 Å². The van der Waals surface area contributed by atoms with E-state index in [1.54, 1.807) is 47.1 Å². The molecule has 22 atom stereocenters. The monoisotopic (exact) mass is 927 g/mol. The molecule has 0 bridgehead atoms. The largest absolute Gasteiger partial charge is 0.479 e. The van der Waals surface area contributed by atoms with Crippen LogP contribution in [0.15, 0.2) is 24.3 Å². The molecule has 1 aromatic carbocycles. The number of carboxylic acid groups (broad SMARTS) is 1. The first-order valence-electron chi connectivity index (χ1n) is 23.4. The third-order valence-corrected chi connectivity index (χ3v) is 16.7. The number of methoxy groups -OCH3 is 4. The van der Waals surface area contributed by atoms with E-state index in [9.17, 15) is 29.6 Å². The van der Waals surface area contributed by atoms with Crippen molar-refractivity contribution < 1.29 is 81.7 Å². The summed E-state index contributed by atoms with van der Waals surface area (Å²) in [5, 5.41) is 43.7. The number of aliphatic hydroxyl groups is 3. The Morgan fingerprint density at radius 3 is 2.05 bits per heavy atom. The first kappa shape index (κ1) is 50.9. The van der Waals surface area contributed by atoms with Gasteiger partial charge in [-0.05, 0) is 64.2 Å². The second-order valence-corrected chi connectivity index (χ2v) is 20.4. The molecular formula is C48H75FO16. The zero-order valence-electron chi connectivity index (χ0n) is 40.1. The highest BCUT2D eigenvalue weighted by Crippen LogP contribution is 2.57. The summed E-state index contributed by atoms with van der Waals surface area (Å²) in [6.45, 7) is 15.3. The van der Waals surface area contributed by atoms with Crippen LogP contribution in [0, 0.1) is 35.4 Å². The van der Waals surface area contributed by atoms with Crippen LogP contribution in [0.5, 0.6) is 0 Å². The molecule has 65 heavy (non-hydrogen) atoms. The highest BCUT2D eigenvalue weighted by Gasteiger charge is 2.70. The van der Waals surface area contributed by atoms with E-state index in [4.69, 9.17) is 52.1 Å². The van der Waals surface area contributed by atoms with Crippen molar-refractivity contribution >= 4 is 5.97 Å². The van der Waals surface area contributed by atoms with E-state index in [0.29, 0.717) is 19.3 Å². The number of hydrogen-bond acceptors (Lipinski definition) is 15. The molecule has 6 fully saturated rings. The fourth-order valence-corrected chi connectivity index (χ4v) is 12.6. The quantitative estimate of drug-likeness (QED) is 0.199. The highest BCUT2D eigenvalue weighted by atomic mass is 19.1. The molecule has 16 nitrogen and oxygen atoms in total. The lowest BCUT2D eigenvalue weighted by Gasteiger charge is -2.56. The van der Waals surface area contributed by atoms with Gasteiger partial charge in [0.1, 0.15) is 17.0 Å². The minimum absolute atomic E-state index is 0.103. The number of halogens is 1. The van der Waals surface area contributed by atoms with Gasteiger partial charge < -0.3 is 72.5 Å². The van der Waals surface area contributed by atoms with Crippen molar-refractivity contribution in [2.24, 2.45) is 29.6 Å². The minimum Gasteiger partial charge on any atom is -0.479 e. The summed E-state index contributed by atoms with van der Waals surface area (Å²) < 4.78 is 85.1. The summed E-state index contributed by atoms with van der Waals surface area (Å²) in [6.07, 6.45) is -4.19. The van der Waals surface area contributed by atoms with Crippen LogP contribution in [0.1, 0.15) is 99.5 Å². The van der Waals surface area contributed by atoms with Gasteiger partial charge in [-0.2, -0.15) is 0 Å². The molecule has 0 aromatic heterocycles. The van der Waals surface area contributed by atoms with Gasteiger partial charge in [-0.25, -0.2) is 9.18 Å². The average molecular weight is 927 g/mol. The molecular weight excluding hydrogens is 852 g/mol. The number of rotatable bonds is 14. The van der Waals surface area contributed by atoms with E-state index >= 15 is 0 Å². The smallest absolute Gasteiger partial charge is 0.338 e. The predicted octanol–water partition coefficient (Wildman–Crippen LogP) is 4.74. The molecule has 370 valence electrons. The fourth-order valence-electron chi connectivity index (χ4n) is 12.6. The van der Waals surface area contributed by atoms with Crippen LogP contribution in [0.3, 0.4) is 0 Å². The Balaban J connectivity index is 1.06. The van der Waals surface area contributed by atoms with Gasteiger partial charge in [0, 0.05) is 70.9 Å². The first-order valence-corrected chi connectivity index (χ1v) is 23.4. The van der Waals surface area contributed by atoms with Gasteiger partial charge in [0.15, 0.2) is 11.6 Å². The minimum atomic E-state index is -2.51. The van der Waals surface area contributed by atoms with Crippen molar-refractivity contribution in [3.8, 4) is 0 Å². The van der Waals surface area contributed by atoms with E-state index in [0.717, 1.165) is 18.4 Å².